The van der Waals surface area contributed by atoms with E-state index in [1.807, 2.05) is 0 Å². The van der Waals surface area contributed by atoms with E-state index >= 15 is 0 Å². The van der Waals surface area contributed by atoms with Crippen molar-refractivity contribution in [1.82, 2.24) is 0 Å². The highest BCUT2D eigenvalue weighted by Gasteiger charge is 2.34. The van der Waals surface area contributed by atoms with Crippen LogP contribution >= 0.6 is 0 Å². The smallest absolute Gasteiger partial charge is 0.0689 e. The molecule has 0 aromatic heterocycles. The van der Waals surface area contributed by atoms with Crippen LogP contribution in [0.2, 0.25) is 0 Å². The number of hydrogen-bond donors (Lipinski definition) is 3. The molecule has 0 radical (unpaired) electrons. The van der Waals surface area contributed by atoms with Gasteiger partial charge in [-0.3, -0.25) is 0 Å². The van der Waals surface area contributed by atoms with E-state index in [-0.39, 0.29) is 12.5 Å². The summed E-state index contributed by atoms with van der Waals surface area (Å²) in [4.78, 5) is 0. The van der Waals surface area contributed by atoms with Crippen molar-refractivity contribution >= 4 is 0 Å². The van der Waals surface area contributed by atoms with Gasteiger partial charge in [-0.1, -0.05) is 0 Å². The van der Waals surface area contributed by atoms with E-state index in [2.05, 4.69) is 0 Å². The van der Waals surface area contributed by atoms with E-state index in [9.17, 15) is 10.2 Å². The summed E-state index contributed by atoms with van der Waals surface area (Å²) in [5.74, 6) is 0.220. The molecule has 0 unspecified atom stereocenters. The number of ether oxygens (including phenoxy) is 1. The minimum Gasteiger partial charge on any atom is -0.392 e. The molecule has 0 aromatic carbocycles. The third-order valence-corrected chi connectivity index (χ3v) is 3.02. The van der Waals surface area contributed by atoms with Crippen molar-refractivity contribution in [3.8, 4) is 0 Å². The molecule has 1 rings (SSSR count). The lowest BCUT2D eigenvalue weighted by atomic mass is 9.80. The van der Waals surface area contributed by atoms with Crippen LogP contribution in [0, 0.1) is 5.92 Å². The van der Waals surface area contributed by atoms with E-state index in [0.29, 0.717) is 19.6 Å². The molecule has 1 aliphatic rings. The molecule has 14 heavy (non-hydrogen) atoms. The van der Waals surface area contributed by atoms with Crippen LogP contribution in [-0.2, 0) is 4.74 Å². The second-order valence-corrected chi connectivity index (χ2v) is 4.34. The van der Waals surface area contributed by atoms with Gasteiger partial charge < -0.3 is 20.7 Å². The van der Waals surface area contributed by atoms with Crippen LogP contribution in [0.5, 0.6) is 0 Å². The van der Waals surface area contributed by atoms with Gasteiger partial charge in [-0.05, 0) is 25.7 Å². The molecule has 84 valence electrons. The maximum absolute atomic E-state index is 10.2. The zero-order valence-corrected chi connectivity index (χ0v) is 8.78. The van der Waals surface area contributed by atoms with E-state index in [4.69, 9.17) is 10.5 Å². The van der Waals surface area contributed by atoms with Gasteiger partial charge in [-0.2, -0.15) is 0 Å². The molecule has 2 atom stereocenters. The Hall–Kier alpha value is -0.160. The number of aliphatic hydroxyl groups is 2. The van der Waals surface area contributed by atoms with Gasteiger partial charge >= 0.3 is 0 Å². The second-order valence-electron chi connectivity index (χ2n) is 4.34. The van der Waals surface area contributed by atoms with Crippen LogP contribution in [0.15, 0.2) is 0 Å². The summed E-state index contributed by atoms with van der Waals surface area (Å²) < 4.78 is 5.23. The molecule has 0 bridgehead atoms. The number of hydrogen-bond acceptors (Lipinski definition) is 4. The Balaban J connectivity index is 2.45. The Morgan fingerprint density at radius 3 is 2.57 bits per heavy atom. The largest absolute Gasteiger partial charge is 0.392 e. The Kier molecular flexibility index (Phi) is 4.31. The highest BCUT2D eigenvalue weighted by Crippen LogP contribution is 2.30. The first-order valence-corrected chi connectivity index (χ1v) is 5.24. The van der Waals surface area contributed by atoms with Crippen molar-refractivity contribution in [3.63, 3.8) is 0 Å². The standard InChI is InChI=1S/C10H21NO3/c1-10(13,6-9(12)7-11)8-2-4-14-5-3-8/h8-9,12-13H,2-7,11H2,1H3/t9-,10+/m0/s1. The zero-order valence-electron chi connectivity index (χ0n) is 8.78. The molecule has 0 spiro atoms. The first-order valence-electron chi connectivity index (χ1n) is 5.24. The van der Waals surface area contributed by atoms with E-state index in [1.54, 1.807) is 6.92 Å². The summed E-state index contributed by atoms with van der Waals surface area (Å²) in [5.41, 5.74) is 4.51. The van der Waals surface area contributed by atoms with Crippen molar-refractivity contribution in [3.05, 3.63) is 0 Å². The Bertz CT molecular complexity index is 167. The molecule has 0 amide bonds. The summed E-state index contributed by atoms with van der Waals surface area (Å²) in [6, 6.07) is 0. The molecule has 0 aliphatic carbocycles. The first-order chi connectivity index (χ1) is 6.56. The quantitative estimate of drug-likeness (QED) is 0.595. The van der Waals surface area contributed by atoms with E-state index in [1.165, 1.54) is 0 Å². The van der Waals surface area contributed by atoms with Gasteiger partial charge in [0.15, 0.2) is 0 Å². The van der Waals surface area contributed by atoms with Crippen molar-refractivity contribution in [2.24, 2.45) is 11.7 Å². The lowest BCUT2D eigenvalue weighted by Crippen LogP contribution is -2.42. The summed E-state index contributed by atoms with van der Waals surface area (Å²) in [5, 5.41) is 19.6. The fourth-order valence-electron chi connectivity index (χ4n) is 2.05. The molecule has 1 saturated heterocycles. The molecule has 4 N–H and O–H groups in total. The lowest BCUT2D eigenvalue weighted by Gasteiger charge is -2.36. The zero-order chi connectivity index (χ0) is 10.6. The van der Waals surface area contributed by atoms with E-state index < -0.39 is 11.7 Å². The van der Waals surface area contributed by atoms with Crippen molar-refractivity contribution in [1.29, 1.82) is 0 Å². The van der Waals surface area contributed by atoms with Crippen molar-refractivity contribution in [2.45, 2.75) is 37.9 Å². The number of aliphatic hydroxyl groups excluding tert-OH is 1. The predicted molar refractivity (Wildman–Crippen MR) is 53.8 cm³/mol. The van der Waals surface area contributed by atoms with Gasteiger partial charge in [-0.15, -0.1) is 0 Å². The van der Waals surface area contributed by atoms with Crippen LogP contribution in [-0.4, -0.2) is 41.7 Å². The summed E-state index contributed by atoms with van der Waals surface area (Å²) in [6.45, 7) is 3.40. The van der Waals surface area contributed by atoms with Crippen molar-refractivity contribution < 1.29 is 14.9 Å². The van der Waals surface area contributed by atoms with Gasteiger partial charge in [0.1, 0.15) is 0 Å². The topological polar surface area (TPSA) is 75.7 Å². The van der Waals surface area contributed by atoms with Gasteiger partial charge in [0.25, 0.3) is 0 Å². The molecular formula is C10H21NO3. The van der Waals surface area contributed by atoms with Gasteiger partial charge in [0, 0.05) is 26.2 Å². The Morgan fingerprint density at radius 1 is 1.50 bits per heavy atom. The molecule has 0 saturated carbocycles. The maximum Gasteiger partial charge on any atom is 0.0689 e. The normalized spacial score (nSPS) is 25.7. The highest BCUT2D eigenvalue weighted by molar-refractivity contribution is 4.86. The second kappa shape index (κ2) is 5.07. The van der Waals surface area contributed by atoms with Crippen LogP contribution in [0.4, 0.5) is 0 Å². The summed E-state index contributed by atoms with van der Waals surface area (Å²) in [6.07, 6.45) is 1.48. The molecule has 1 fully saturated rings. The molecule has 4 nitrogen and oxygen atoms in total. The predicted octanol–water partition coefficient (Wildman–Crippen LogP) is -0.126. The number of nitrogens with two attached hydrogens (primary N) is 1. The van der Waals surface area contributed by atoms with E-state index in [0.717, 1.165) is 12.8 Å². The minimum absolute atomic E-state index is 0.208. The maximum atomic E-state index is 10.2. The summed E-state index contributed by atoms with van der Waals surface area (Å²) >= 11 is 0. The average molecular weight is 203 g/mol. The highest BCUT2D eigenvalue weighted by atomic mass is 16.5. The molecular weight excluding hydrogens is 182 g/mol. The van der Waals surface area contributed by atoms with Gasteiger partial charge in [-0.25, -0.2) is 0 Å². The Morgan fingerprint density at radius 2 is 2.07 bits per heavy atom. The molecule has 4 heteroatoms. The monoisotopic (exact) mass is 203 g/mol. The number of rotatable bonds is 4. The molecule has 0 aromatic rings. The van der Waals surface area contributed by atoms with Crippen molar-refractivity contribution in [2.75, 3.05) is 19.8 Å². The van der Waals surface area contributed by atoms with Crippen LogP contribution < -0.4 is 5.73 Å². The summed E-state index contributed by atoms with van der Waals surface area (Å²) in [7, 11) is 0. The van der Waals surface area contributed by atoms with Crippen LogP contribution in [0.3, 0.4) is 0 Å². The Labute approximate surface area is 85.1 Å². The van der Waals surface area contributed by atoms with Gasteiger partial charge in [0.2, 0.25) is 0 Å². The minimum atomic E-state index is -0.817. The van der Waals surface area contributed by atoms with Crippen LogP contribution in [0.25, 0.3) is 0 Å². The lowest BCUT2D eigenvalue weighted by molar-refractivity contribution is -0.0765. The third kappa shape index (κ3) is 3.20. The molecule has 1 heterocycles. The average Bonchev–Trinajstić information content (AvgIpc) is 2.18. The first kappa shape index (κ1) is 11.9. The fourth-order valence-corrected chi connectivity index (χ4v) is 2.05. The fraction of sp³-hybridized carbons (Fsp3) is 1.00. The van der Waals surface area contributed by atoms with Gasteiger partial charge in [0.05, 0.1) is 11.7 Å². The third-order valence-electron chi connectivity index (χ3n) is 3.02. The molecule has 1 aliphatic heterocycles. The van der Waals surface area contributed by atoms with Crippen LogP contribution in [0.1, 0.15) is 26.2 Å². The SMILES string of the molecule is C[C@@](O)(C[C@H](O)CN)C1CCOCC1.